The lowest BCUT2D eigenvalue weighted by molar-refractivity contribution is 0.369. The monoisotopic (exact) mass is 180 g/mol. The zero-order chi connectivity index (χ0) is 9.84. The predicted molar refractivity (Wildman–Crippen MR) is 53.4 cm³/mol. The first-order valence-electron chi connectivity index (χ1n) is 4.62. The normalized spacial score (nSPS) is 10.1. The van der Waals surface area contributed by atoms with Crippen LogP contribution in [0.4, 0.5) is 0 Å². The summed E-state index contributed by atoms with van der Waals surface area (Å²) in [7, 11) is 1.59. The van der Waals surface area contributed by atoms with Crippen LogP contribution in [-0.4, -0.2) is 12.2 Å². The van der Waals surface area contributed by atoms with Gasteiger partial charge < -0.3 is 9.84 Å². The van der Waals surface area contributed by atoms with Crippen molar-refractivity contribution in [2.24, 2.45) is 0 Å². The first-order chi connectivity index (χ1) is 6.24. The van der Waals surface area contributed by atoms with Crippen molar-refractivity contribution in [3.05, 3.63) is 23.3 Å². The van der Waals surface area contributed by atoms with E-state index in [1.54, 1.807) is 13.2 Å². The zero-order valence-electron chi connectivity index (χ0n) is 8.42. The number of hydrogen-bond acceptors (Lipinski definition) is 2. The van der Waals surface area contributed by atoms with Gasteiger partial charge >= 0.3 is 0 Å². The van der Waals surface area contributed by atoms with Gasteiger partial charge in [0.05, 0.1) is 7.11 Å². The van der Waals surface area contributed by atoms with E-state index in [0.29, 0.717) is 5.75 Å². The van der Waals surface area contributed by atoms with E-state index in [4.69, 9.17) is 4.74 Å². The van der Waals surface area contributed by atoms with Crippen LogP contribution in [0.25, 0.3) is 0 Å². The fourth-order valence-electron chi connectivity index (χ4n) is 1.60. The minimum atomic E-state index is 0.233. The fraction of sp³-hybridized carbons (Fsp3) is 0.455. The second-order valence-corrected chi connectivity index (χ2v) is 2.96. The van der Waals surface area contributed by atoms with Gasteiger partial charge in [-0.15, -0.1) is 0 Å². The molecule has 0 saturated heterocycles. The fourth-order valence-corrected chi connectivity index (χ4v) is 1.60. The van der Waals surface area contributed by atoms with Gasteiger partial charge in [-0.05, 0) is 24.5 Å². The molecular weight excluding hydrogens is 164 g/mol. The van der Waals surface area contributed by atoms with Crippen molar-refractivity contribution in [1.82, 2.24) is 0 Å². The van der Waals surface area contributed by atoms with E-state index in [0.717, 1.165) is 18.4 Å². The van der Waals surface area contributed by atoms with Crippen molar-refractivity contribution >= 4 is 0 Å². The Kier molecular flexibility index (Phi) is 3.18. The molecular formula is C11H16O2. The van der Waals surface area contributed by atoms with Gasteiger partial charge in [0.15, 0.2) is 11.5 Å². The molecule has 0 bridgehead atoms. The Morgan fingerprint density at radius 1 is 1.23 bits per heavy atom. The molecule has 72 valence electrons. The Morgan fingerprint density at radius 3 is 2.38 bits per heavy atom. The molecule has 0 atom stereocenters. The van der Waals surface area contributed by atoms with E-state index in [9.17, 15) is 5.11 Å². The van der Waals surface area contributed by atoms with Crippen molar-refractivity contribution in [2.45, 2.75) is 26.7 Å². The first-order valence-corrected chi connectivity index (χ1v) is 4.62. The lowest BCUT2D eigenvalue weighted by atomic mass is 10.0. The largest absolute Gasteiger partial charge is 0.504 e. The van der Waals surface area contributed by atoms with Crippen LogP contribution in [0.2, 0.25) is 0 Å². The van der Waals surface area contributed by atoms with Gasteiger partial charge in [0.25, 0.3) is 0 Å². The number of aromatic hydroxyl groups is 1. The summed E-state index contributed by atoms with van der Waals surface area (Å²) in [4.78, 5) is 0. The zero-order valence-corrected chi connectivity index (χ0v) is 8.42. The minimum absolute atomic E-state index is 0.233. The van der Waals surface area contributed by atoms with E-state index < -0.39 is 0 Å². The van der Waals surface area contributed by atoms with E-state index >= 15 is 0 Å². The van der Waals surface area contributed by atoms with Crippen LogP contribution < -0.4 is 4.74 Å². The highest BCUT2D eigenvalue weighted by Crippen LogP contribution is 2.32. The maximum atomic E-state index is 9.52. The van der Waals surface area contributed by atoms with Gasteiger partial charge in [-0.25, -0.2) is 0 Å². The predicted octanol–water partition coefficient (Wildman–Crippen LogP) is 2.53. The summed E-state index contributed by atoms with van der Waals surface area (Å²) in [5.74, 6) is 0.860. The maximum absolute atomic E-state index is 9.52. The maximum Gasteiger partial charge on any atom is 0.163 e. The van der Waals surface area contributed by atoms with Gasteiger partial charge in [-0.1, -0.05) is 19.9 Å². The molecule has 1 N–H and O–H groups in total. The standard InChI is InChI=1S/C11H16O2/c1-4-8-6-7-10(12)11(13-3)9(8)5-2/h6-7,12H,4-5H2,1-3H3. The highest BCUT2D eigenvalue weighted by atomic mass is 16.5. The number of benzene rings is 1. The molecule has 0 aliphatic heterocycles. The molecule has 2 heteroatoms. The molecule has 0 fully saturated rings. The molecule has 1 aromatic rings. The van der Waals surface area contributed by atoms with Crippen LogP contribution in [0.5, 0.6) is 11.5 Å². The number of rotatable bonds is 3. The average molecular weight is 180 g/mol. The highest BCUT2D eigenvalue weighted by Gasteiger charge is 2.10. The Balaban J connectivity index is 3.27. The average Bonchev–Trinajstić information content (AvgIpc) is 2.17. The smallest absolute Gasteiger partial charge is 0.163 e. The molecule has 0 amide bonds. The van der Waals surface area contributed by atoms with Crippen LogP contribution in [-0.2, 0) is 12.8 Å². The van der Waals surface area contributed by atoms with Crippen LogP contribution in [0.3, 0.4) is 0 Å². The van der Waals surface area contributed by atoms with Crippen molar-refractivity contribution in [3.8, 4) is 11.5 Å². The SMILES string of the molecule is CCc1ccc(O)c(OC)c1CC. The van der Waals surface area contributed by atoms with E-state index in [-0.39, 0.29) is 5.75 Å². The summed E-state index contributed by atoms with van der Waals surface area (Å²) < 4.78 is 5.16. The van der Waals surface area contributed by atoms with Crippen LogP contribution in [0.1, 0.15) is 25.0 Å². The van der Waals surface area contributed by atoms with E-state index in [1.165, 1.54) is 5.56 Å². The summed E-state index contributed by atoms with van der Waals surface area (Å²) in [5.41, 5.74) is 2.36. The number of phenols is 1. The minimum Gasteiger partial charge on any atom is -0.504 e. The Morgan fingerprint density at radius 2 is 1.92 bits per heavy atom. The second-order valence-electron chi connectivity index (χ2n) is 2.96. The van der Waals surface area contributed by atoms with Crippen LogP contribution >= 0.6 is 0 Å². The quantitative estimate of drug-likeness (QED) is 0.774. The summed E-state index contributed by atoms with van der Waals surface area (Å²) >= 11 is 0. The molecule has 1 aromatic carbocycles. The van der Waals surface area contributed by atoms with Crippen LogP contribution in [0, 0.1) is 0 Å². The summed E-state index contributed by atoms with van der Waals surface area (Å²) in [5, 5.41) is 9.52. The number of methoxy groups -OCH3 is 1. The van der Waals surface area contributed by atoms with Gasteiger partial charge in [-0.2, -0.15) is 0 Å². The van der Waals surface area contributed by atoms with E-state index in [1.807, 2.05) is 6.07 Å². The van der Waals surface area contributed by atoms with Gasteiger partial charge in [0.1, 0.15) is 0 Å². The summed E-state index contributed by atoms with van der Waals surface area (Å²) in [6.45, 7) is 4.17. The third kappa shape index (κ3) is 1.77. The molecule has 0 unspecified atom stereocenters. The number of ether oxygens (including phenoxy) is 1. The molecule has 1 rings (SSSR count). The number of hydrogen-bond donors (Lipinski definition) is 1. The number of phenolic OH excluding ortho intramolecular Hbond substituents is 1. The lowest BCUT2D eigenvalue weighted by Gasteiger charge is -2.12. The summed E-state index contributed by atoms with van der Waals surface area (Å²) in [6, 6.07) is 3.65. The molecule has 0 heterocycles. The molecule has 2 nitrogen and oxygen atoms in total. The molecule has 0 saturated carbocycles. The third-order valence-electron chi connectivity index (χ3n) is 2.28. The second kappa shape index (κ2) is 4.17. The Hall–Kier alpha value is -1.18. The van der Waals surface area contributed by atoms with Crippen molar-refractivity contribution < 1.29 is 9.84 Å². The molecule has 0 radical (unpaired) electrons. The van der Waals surface area contributed by atoms with Gasteiger partial charge in [0.2, 0.25) is 0 Å². The summed E-state index contributed by atoms with van der Waals surface area (Å²) in [6.07, 6.45) is 1.86. The van der Waals surface area contributed by atoms with Crippen molar-refractivity contribution in [2.75, 3.05) is 7.11 Å². The first kappa shape index (κ1) is 9.90. The Bertz CT molecular complexity index is 292. The molecule has 0 aliphatic carbocycles. The highest BCUT2D eigenvalue weighted by molar-refractivity contribution is 5.50. The molecule has 0 aromatic heterocycles. The number of aryl methyl sites for hydroxylation is 1. The van der Waals surface area contributed by atoms with Gasteiger partial charge in [0, 0.05) is 5.56 Å². The molecule has 0 aliphatic rings. The Labute approximate surface area is 79.2 Å². The van der Waals surface area contributed by atoms with Crippen molar-refractivity contribution in [1.29, 1.82) is 0 Å². The van der Waals surface area contributed by atoms with E-state index in [2.05, 4.69) is 13.8 Å². The topological polar surface area (TPSA) is 29.5 Å². The molecule has 0 spiro atoms. The molecule has 13 heavy (non-hydrogen) atoms. The lowest BCUT2D eigenvalue weighted by Crippen LogP contribution is -1.96. The third-order valence-corrected chi connectivity index (χ3v) is 2.28. The van der Waals surface area contributed by atoms with Crippen molar-refractivity contribution in [3.63, 3.8) is 0 Å². The van der Waals surface area contributed by atoms with Gasteiger partial charge in [-0.3, -0.25) is 0 Å². The van der Waals surface area contributed by atoms with Crippen LogP contribution in [0.15, 0.2) is 12.1 Å².